The number of hydrogen-bond donors (Lipinski definition) is 3. The first-order chi connectivity index (χ1) is 8.34. The van der Waals surface area contributed by atoms with Crippen molar-refractivity contribution in [2.45, 2.75) is 19.8 Å². The molecule has 0 heterocycles. The summed E-state index contributed by atoms with van der Waals surface area (Å²) in [4.78, 5) is 21.6. The number of carbonyl (C=O) groups is 2. The summed E-state index contributed by atoms with van der Waals surface area (Å²) in [6.07, 6.45) is 0. The first kappa shape index (κ1) is 13.8. The van der Waals surface area contributed by atoms with Crippen molar-refractivity contribution < 1.29 is 24.9 Å². The molecule has 0 saturated heterocycles. The van der Waals surface area contributed by atoms with Crippen LogP contribution >= 0.6 is 0 Å². The molecular formula is C13H14O5. The molecule has 5 heteroatoms. The van der Waals surface area contributed by atoms with Crippen LogP contribution in [0, 0.1) is 0 Å². The summed E-state index contributed by atoms with van der Waals surface area (Å²) in [6, 6.07) is 6.38. The van der Waals surface area contributed by atoms with E-state index in [1.165, 1.54) is 12.1 Å². The molecule has 0 bridgehead atoms. The number of carboxylic acids is 2. The third-order valence-electron chi connectivity index (χ3n) is 2.52. The zero-order valence-electron chi connectivity index (χ0n) is 10.0. The third kappa shape index (κ3) is 2.88. The lowest BCUT2D eigenvalue weighted by Gasteiger charge is -2.08. The molecule has 0 amide bonds. The van der Waals surface area contributed by atoms with Gasteiger partial charge in [0.15, 0.2) is 0 Å². The highest BCUT2D eigenvalue weighted by molar-refractivity contribution is 6.20. The molecule has 5 nitrogen and oxygen atoms in total. The van der Waals surface area contributed by atoms with Crippen LogP contribution in [0.3, 0.4) is 0 Å². The second kappa shape index (κ2) is 5.35. The molecule has 0 atom stereocenters. The number of aliphatic hydroxyl groups excluding tert-OH is 1. The summed E-state index contributed by atoms with van der Waals surface area (Å²) in [6.45, 7) is 3.97. The second-order valence-electron chi connectivity index (χ2n) is 4.11. The Bertz CT molecular complexity index is 497. The van der Waals surface area contributed by atoms with Crippen LogP contribution in [-0.4, -0.2) is 27.3 Å². The molecule has 0 fully saturated rings. The molecule has 18 heavy (non-hydrogen) atoms. The van der Waals surface area contributed by atoms with Gasteiger partial charge in [-0.15, -0.1) is 0 Å². The van der Waals surface area contributed by atoms with Gasteiger partial charge in [-0.25, -0.2) is 9.59 Å². The van der Waals surface area contributed by atoms with E-state index in [2.05, 4.69) is 0 Å². The van der Waals surface area contributed by atoms with Crippen LogP contribution in [0.5, 0.6) is 0 Å². The van der Waals surface area contributed by atoms with Gasteiger partial charge in [0.05, 0.1) is 0 Å². The van der Waals surface area contributed by atoms with Gasteiger partial charge in [-0.1, -0.05) is 38.1 Å². The lowest BCUT2D eigenvalue weighted by Crippen LogP contribution is -2.10. The topological polar surface area (TPSA) is 94.8 Å². The van der Waals surface area contributed by atoms with E-state index in [0.29, 0.717) is 0 Å². The first-order valence-electron chi connectivity index (χ1n) is 5.34. The van der Waals surface area contributed by atoms with Gasteiger partial charge in [-0.05, 0) is 17.0 Å². The summed E-state index contributed by atoms with van der Waals surface area (Å²) >= 11 is 0. The molecule has 3 N–H and O–H groups in total. The highest BCUT2D eigenvalue weighted by atomic mass is 16.4. The van der Waals surface area contributed by atoms with Crippen molar-refractivity contribution in [2.75, 3.05) is 0 Å². The van der Waals surface area contributed by atoms with Crippen LogP contribution in [-0.2, 0) is 9.59 Å². The van der Waals surface area contributed by atoms with Crippen molar-refractivity contribution in [3.05, 3.63) is 41.2 Å². The normalized spacial score (nSPS) is 12.2. The summed E-state index contributed by atoms with van der Waals surface area (Å²) < 4.78 is 0. The molecule has 1 aromatic rings. The standard InChI is InChI=1S/C13H14O5/c1-7(2)8-3-5-9(6-4-8)10(12(15)16)11(14)13(17)18/h3-7,14H,1-2H3,(H,15,16)(H,17,18)/b11-10-. The maximum atomic E-state index is 11.0. The van der Waals surface area contributed by atoms with E-state index < -0.39 is 23.3 Å². The second-order valence-corrected chi connectivity index (χ2v) is 4.11. The van der Waals surface area contributed by atoms with Crippen LogP contribution < -0.4 is 0 Å². The van der Waals surface area contributed by atoms with E-state index in [4.69, 9.17) is 10.2 Å². The molecule has 0 aliphatic carbocycles. The summed E-state index contributed by atoms with van der Waals surface area (Å²) in [5.74, 6) is -4.03. The number of aliphatic carboxylic acids is 2. The minimum absolute atomic E-state index is 0.159. The Morgan fingerprint density at radius 2 is 1.44 bits per heavy atom. The number of hydrogen-bond acceptors (Lipinski definition) is 3. The largest absolute Gasteiger partial charge is 0.501 e. The van der Waals surface area contributed by atoms with Gasteiger partial charge >= 0.3 is 11.9 Å². The van der Waals surface area contributed by atoms with E-state index in [9.17, 15) is 14.7 Å². The summed E-state index contributed by atoms with van der Waals surface area (Å²) in [5.41, 5.74) is 0.544. The number of benzene rings is 1. The molecule has 1 aromatic carbocycles. The van der Waals surface area contributed by atoms with Gasteiger partial charge in [0.1, 0.15) is 5.57 Å². The van der Waals surface area contributed by atoms with Crippen molar-refractivity contribution >= 4 is 17.5 Å². The van der Waals surface area contributed by atoms with Crippen molar-refractivity contribution in [1.82, 2.24) is 0 Å². The van der Waals surface area contributed by atoms with Crippen molar-refractivity contribution in [3.63, 3.8) is 0 Å². The zero-order chi connectivity index (χ0) is 13.9. The fraction of sp³-hybridized carbons (Fsp3) is 0.231. The first-order valence-corrected chi connectivity index (χ1v) is 5.34. The fourth-order valence-electron chi connectivity index (χ4n) is 1.50. The summed E-state index contributed by atoms with van der Waals surface area (Å²) in [7, 11) is 0. The number of aliphatic hydroxyl groups is 1. The Labute approximate surface area is 104 Å². The predicted molar refractivity (Wildman–Crippen MR) is 65.4 cm³/mol. The van der Waals surface area contributed by atoms with Gasteiger partial charge in [0.2, 0.25) is 5.76 Å². The molecule has 96 valence electrons. The van der Waals surface area contributed by atoms with Crippen molar-refractivity contribution in [3.8, 4) is 0 Å². The van der Waals surface area contributed by atoms with Crippen LogP contribution in [0.1, 0.15) is 30.9 Å². The third-order valence-corrected chi connectivity index (χ3v) is 2.52. The van der Waals surface area contributed by atoms with E-state index in [-0.39, 0.29) is 11.5 Å². The lowest BCUT2D eigenvalue weighted by molar-refractivity contribution is -0.136. The molecule has 1 rings (SSSR count). The van der Waals surface area contributed by atoms with Crippen LogP contribution in [0.25, 0.3) is 5.57 Å². The molecule has 0 spiro atoms. The van der Waals surface area contributed by atoms with Gasteiger partial charge in [-0.2, -0.15) is 0 Å². The maximum absolute atomic E-state index is 11.0. The zero-order valence-corrected chi connectivity index (χ0v) is 10.0. The Kier molecular flexibility index (Phi) is 4.09. The Morgan fingerprint density at radius 1 is 0.944 bits per heavy atom. The van der Waals surface area contributed by atoms with Gasteiger partial charge in [0.25, 0.3) is 0 Å². The highest BCUT2D eigenvalue weighted by Crippen LogP contribution is 2.21. The van der Waals surface area contributed by atoms with Crippen LogP contribution in [0.15, 0.2) is 30.0 Å². The minimum Gasteiger partial charge on any atom is -0.501 e. The smallest absolute Gasteiger partial charge is 0.371 e. The SMILES string of the molecule is CC(C)c1ccc(/C(C(=O)O)=C(/O)C(=O)O)cc1. The maximum Gasteiger partial charge on any atom is 0.371 e. The molecular weight excluding hydrogens is 236 g/mol. The number of rotatable bonds is 4. The molecule has 0 radical (unpaired) electrons. The average Bonchev–Trinajstić information content (AvgIpc) is 2.29. The summed E-state index contributed by atoms with van der Waals surface area (Å²) in [5, 5.41) is 26.9. The monoisotopic (exact) mass is 250 g/mol. The van der Waals surface area contributed by atoms with Crippen LogP contribution in [0.4, 0.5) is 0 Å². The van der Waals surface area contributed by atoms with Gasteiger partial charge < -0.3 is 15.3 Å². The fourth-order valence-corrected chi connectivity index (χ4v) is 1.50. The quantitative estimate of drug-likeness (QED) is 0.562. The average molecular weight is 250 g/mol. The molecule has 0 unspecified atom stereocenters. The van der Waals surface area contributed by atoms with E-state index in [0.717, 1.165) is 5.56 Å². The minimum atomic E-state index is -1.67. The van der Waals surface area contributed by atoms with Crippen LogP contribution in [0.2, 0.25) is 0 Å². The predicted octanol–water partition coefficient (Wildman–Crippen LogP) is 2.25. The molecule has 0 aliphatic heterocycles. The Hall–Kier alpha value is -2.30. The molecule has 0 saturated carbocycles. The van der Waals surface area contributed by atoms with Gasteiger partial charge in [-0.3, -0.25) is 0 Å². The number of carboxylic acid groups (broad SMARTS) is 2. The van der Waals surface area contributed by atoms with Crippen molar-refractivity contribution in [1.29, 1.82) is 0 Å². The lowest BCUT2D eigenvalue weighted by atomic mass is 9.98. The Balaban J connectivity index is 3.29. The van der Waals surface area contributed by atoms with E-state index >= 15 is 0 Å². The van der Waals surface area contributed by atoms with Gasteiger partial charge in [0, 0.05) is 0 Å². The van der Waals surface area contributed by atoms with E-state index in [1.54, 1.807) is 12.1 Å². The van der Waals surface area contributed by atoms with E-state index in [1.807, 2.05) is 13.8 Å². The highest BCUT2D eigenvalue weighted by Gasteiger charge is 2.21. The molecule has 0 aliphatic rings. The Morgan fingerprint density at radius 3 is 1.78 bits per heavy atom. The molecule has 0 aromatic heterocycles. The van der Waals surface area contributed by atoms with Crippen molar-refractivity contribution in [2.24, 2.45) is 0 Å².